The Bertz CT molecular complexity index is 865. The number of aliphatic hydroxyl groups is 1. The average Bonchev–Trinajstić information content (AvgIpc) is 2.78. The summed E-state index contributed by atoms with van der Waals surface area (Å²) >= 11 is 0. The number of benzene rings is 1. The first-order valence-corrected chi connectivity index (χ1v) is 8.69. The van der Waals surface area contributed by atoms with Gasteiger partial charge in [0.05, 0.1) is 35.7 Å². The third kappa shape index (κ3) is 4.02. The number of alkyl halides is 3. The van der Waals surface area contributed by atoms with Crippen molar-refractivity contribution < 1.29 is 27.8 Å². The van der Waals surface area contributed by atoms with E-state index in [0.717, 1.165) is 25.3 Å². The first-order chi connectivity index (χ1) is 12.5. The quantitative estimate of drug-likeness (QED) is 0.819. The van der Waals surface area contributed by atoms with Gasteiger partial charge in [0.1, 0.15) is 5.75 Å². The molecule has 148 valence electrons. The molecule has 0 unspecified atom stereocenters. The van der Waals surface area contributed by atoms with Gasteiger partial charge in [-0.05, 0) is 39.2 Å². The SMILES string of the molecule is COc1cc2nc(NC(=O)CC(C)(C)O)n(C3CCC3)c2cc1C(F)(F)F. The maximum atomic E-state index is 13.4. The fourth-order valence-electron chi connectivity index (χ4n) is 3.18. The lowest BCUT2D eigenvalue weighted by molar-refractivity contribution is -0.138. The summed E-state index contributed by atoms with van der Waals surface area (Å²) in [6.45, 7) is 3.00. The normalized spacial score (nSPS) is 15.7. The Kier molecular flexibility index (Phi) is 4.83. The van der Waals surface area contributed by atoms with Gasteiger partial charge in [0.25, 0.3) is 0 Å². The molecule has 6 nitrogen and oxygen atoms in total. The van der Waals surface area contributed by atoms with Gasteiger partial charge in [-0.15, -0.1) is 0 Å². The molecule has 3 rings (SSSR count). The van der Waals surface area contributed by atoms with Crippen molar-refractivity contribution in [3.63, 3.8) is 0 Å². The van der Waals surface area contributed by atoms with Crippen molar-refractivity contribution in [1.29, 1.82) is 0 Å². The molecule has 1 aromatic heterocycles. The van der Waals surface area contributed by atoms with Crippen LogP contribution in [0.5, 0.6) is 5.75 Å². The Labute approximate surface area is 154 Å². The van der Waals surface area contributed by atoms with Crippen LogP contribution in [0.4, 0.5) is 19.1 Å². The number of imidazole rings is 1. The fraction of sp³-hybridized carbons (Fsp3) is 0.556. The van der Waals surface area contributed by atoms with Crippen LogP contribution in [0.15, 0.2) is 12.1 Å². The number of methoxy groups -OCH3 is 1. The Morgan fingerprint density at radius 3 is 2.52 bits per heavy atom. The number of nitrogens with zero attached hydrogens (tertiary/aromatic N) is 2. The predicted octanol–water partition coefficient (Wildman–Crippen LogP) is 3.89. The molecule has 1 fully saturated rings. The second-order valence-corrected chi connectivity index (χ2v) is 7.47. The highest BCUT2D eigenvalue weighted by molar-refractivity contribution is 5.92. The molecular formula is C18H22F3N3O3. The van der Waals surface area contributed by atoms with Gasteiger partial charge >= 0.3 is 6.18 Å². The van der Waals surface area contributed by atoms with E-state index < -0.39 is 23.2 Å². The molecule has 1 amide bonds. The lowest BCUT2D eigenvalue weighted by Crippen LogP contribution is -2.29. The van der Waals surface area contributed by atoms with E-state index in [9.17, 15) is 23.1 Å². The van der Waals surface area contributed by atoms with E-state index in [1.165, 1.54) is 27.0 Å². The monoisotopic (exact) mass is 385 g/mol. The Morgan fingerprint density at radius 2 is 2.04 bits per heavy atom. The third-order valence-electron chi connectivity index (χ3n) is 4.60. The maximum Gasteiger partial charge on any atom is 0.420 e. The van der Waals surface area contributed by atoms with Crippen LogP contribution in [0.3, 0.4) is 0 Å². The minimum atomic E-state index is -4.57. The van der Waals surface area contributed by atoms with Gasteiger partial charge in [-0.2, -0.15) is 13.2 Å². The lowest BCUT2D eigenvalue weighted by atomic mass is 9.92. The van der Waals surface area contributed by atoms with Crippen molar-refractivity contribution in [1.82, 2.24) is 9.55 Å². The molecule has 1 saturated carbocycles. The first-order valence-electron chi connectivity index (χ1n) is 8.69. The number of aromatic nitrogens is 2. The highest BCUT2D eigenvalue weighted by Gasteiger charge is 2.36. The van der Waals surface area contributed by atoms with Gasteiger partial charge in [-0.3, -0.25) is 10.1 Å². The molecule has 0 aliphatic heterocycles. The largest absolute Gasteiger partial charge is 0.496 e. The summed E-state index contributed by atoms with van der Waals surface area (Å²) in [5, 5.41) is 12.4. The average molecular weight is 385 g/mol. The molecule has 2 N–H and O–H groups in total. The van der Waals surface area contributed by atoms with E-state index in [-0.39, 0.29) is 24.2 Å². The van der Waals surface area contributed by atoms with Crippen molar-refractivity contribution in [2.45, 2.75) is 57.3 Å². The van der Waals surface area contributed by atoms with E-state index in [1.807, 2.05) is 0 Å². The number of nitrogens with one attached hydrogen (secondary N) is 1. The molecule has 0 saturated heterocycles. The van der Waals surface area contributed by atoms with E-state index >= 15 is 0 Å². The highest BCUT2D eigenvalue weighted by atomic mass is 19.4. The molecule has 1 aliphatic carbocycles. The standard InChI is InChI=1S/C18H22F3N3O3/c1-17(2,26)9-15(25)23-16-22-12-8-14(27-3)11(18(19,20)21)7-13(12)24(16)10-5-4-6-10/h7-8,10,26H,4-6,9H2,1-3H3,(H,22,23,25). The summed E-state index contributed by atoms with van der Waals surface area (Å²) in [6.07, 6.45) is -2.17. The molecule has 2 aromatic rings. The van der Waals surface area contributed by atoms with E-state index in [1.54, 1.807) is 4.57 Å². The molecule has 1 aromatic carbocycles. The Morgan fingerprint density at radius 1 is 1.37 bits per heavy atom. The molecule has 0 radical (unpaired) electrons. The van der Waals surface area contributed by atoms with Gasteiger partial charge in [0, 0.05) is 12.1 Å². The Balaban J connectivity index is 2.09. The molecule has 9 heteroatoms. The van der Waals surface area contributed by atoms with Crippen LogP contribution in [0.1, 0.15) is 51.1 Å². The van der Waals surface area contributed by atoms with Crippen LogP contribution in [0.25, 0.3) is 11.0 Å². The van der Waals surface area contributed by atoms with Crippen LogP contribution in [-0.4, -0.2) is 33.3 Å². The zero-order valence-electron chi connectivity index (χ0n) is 15.4. The number of carbonyl (C=O) groups excluding carboxylic acids is 1. The number of carbonyl (C=O) groups is 1. The van der Waals surface area contributed by atoms with E-state index in [0.29, 0.717) is 11.0 Å². The summed E-state index contributed by atoms with van der Waals surface area (Å²) in [4.78, 5) is 16.5. The second kappa shape index (κ2) is 6.70. The summed E-state index contributed by atoms with van der Waals surface area (Å²) in [6, 6.07) is 2.23. The summed E-state index contributed by atoms with van der Waals surface area (Å²) in [5.74, 6) is -0.589. The van der Waals surface area contributed by atoms with Crippen LogP contribution < -0.4 is 10.1 Å². The fourth-order valence-corrected chi connectivity index (χ4v) is 3.18. The molecule has 0 spiro atoms. The summed E-state index contributed by atoms with van der Waals surface area (Å²) in [7, 11) is 1.17. The van der Waals surface area contributed by atoms with Gasteiger partial charge < -0.3 is 14.4 Å². The minimum Gasteiger partial charge on any atom is -0.496 e. The number of hydrogen-bond donors (Lipinski definition) is 2. The van der Waals surface area contributed by atoms with Crippen LogP contribution in [0, 0.1) is 0 Å². The molecule has 1 heterocycles. The van der Waals surface area contributed by atoms with Crippen molar-refractivity contribution in [3.05, 3.63) is 17.7 Å². The van der Waals surface area contributed by atoms with Crippen LogP contribution in [0.2, 0.25) is 0 Å². The molecule has 0 atom stereocenters. The summed E-state index contributed by atoms with van der Waals surface area (Å²) < 4.78 is 46.7. The number of amides is 1. The zero-order valence-corrected chi connectivity index (χ0v) is 15.4. The molecular weight excluding hydrogens is 363 g/mol. The van der Waals surface area contributed by atoms with Gasteiger partial charge in [-0.25, -0.2) is 4.98 Å². The maximum absolute atomic E-state index is 13.4. The number of hydrogen-bond acceptors (Lipinski definition) is 4. The van der Waals surface area contributed by atoms with Crippen molar-refractivity contribution in [2.24, 2.45) is 0 Å². The number of halogens is 3. The number of fused-ring (bicyclic) bond motifs is 1. The van der Waals surface area contributed by atoms with E-state index in [4.69, 9.17) is 4.74 Å². The van der Waals surface area contributed by atoms with Gasteiger partial charge in [0.2, 0.25) is 11.9 Å². The molecule has 27 heavy (non-hydrogen) atoms. The summed E-state index contributed by atoms with van der Waals surface area (Å²) in [5.41, 5.74) is -1.48. The van der Waals surface area contributed by atoms with Crippen molar-refractivity contribution in [3.8, 4) is 5.75 Å². The predicted molar refractivity (Wildman–Crippen MR) is 93.7 cm³/mol. The third-order valence-corrected chi connectivity index (χ3v) is 4.60. The number of anilines is 1. The second-order valence-electron chi connectivity index (χ2n) is 7.47. The van der Waals surface area contributed by atoms with Crippen molar-refractivity contribution >= 4 is 22.9 Å². The van der Waals surface area contributed by atoms with Gasteiger partial charge in [0.15, 0.2) is 0 Å². The smallest absolute Gasteiger partial charge is 0.420 e. The molecule has 0 bridgehead atoms. The first kappa shape index (κ1) is 19.5. The van der Waals surface area contributed by atoms with Crippen LogP contribution >= 0.6 is 0 Å². The number of rotatable bonds is 5. The highest BCUT2D eigenvalue weighted by Crippen LogP contribution is 2.42. The topological polar surface area (TPSA) is 76.4 Å². The van der Waals surface area contributed by atoms with E-state index in [2.05, 4.69) is 10.3 Å². The lowest BCUT2D eigenvalue weighted by Gasteiger charge is -2.29. The minimum absolute atomic E-state index is 0.0260. The molecule has 1 aliphatic rings. The Hall–Kier alpha value is -2.29. The number of ether oxygens (including phenoxy) is 1. The zero-order chi connectivity index (χ0) is 20.0. The van der Waals surface area contributed by atoms with Crippen molar-refractivity contribution in [2.75, 3.05) is 12.4 Å². The van der Waals surface area contributed by atoms with Crippen LogP contribution in [-0.2, 0) is 11.0 Å². The van der Waals surface area contributed by atoms with Gasteiger partial charge in [-0.1, -0.05) is 0 Å².